The van der Waals surface area contributed by atoms with Gasteiger partial charge in [-0.05, 0) is 31.2 Å². The molecule has 0 fully saturated rings. The maximum absolute atomic E-state index is 13.7. The first-order valence-electron chi connectivity index (χ1n) is 5.56. The Morgan fingerprint density at radius 1 is 1.33 bits per heavy atom. The molecule has 1 unspecified atom stereocenters. The van der Waals surface area contributed by atoms with Crippen LogP contribution in [0.25, 0.3) is 0 Å². The number of furan rings is 1. The number of rotatable bonds is 1. The number of hydrogen-bond donors (Lipinski definition) is 2. The van der Waals surface area contributed by atoms with Gasteiger partial charge in [0.25, 0.3) is 0 Å². The van der Waals surface area contributed by atoms with Gasteiger partial charge in [-0.15, -0.1) is 0 Å². The van der Waals surface area contributed by atoms with Crippen LogP contribution in [0.15, 0.2) is 46.0 Å². The molecule has 0 aliphatic carbocycles. The van der Waals surface area contributed by atoms with E-state index in [2.05, 4.69) is 10.3 Å². The van der Waals surface area contributed by atoms with Gasteiger partial charge in [-0.1, -0.05) is 6.07 Å². The lowest BCUT2D eigenvalue weighted by molar-refractivity contribution is 0.403. The molecule has 1 atom stereocenters. The molecule has 0 radical (unpaired) electrons. The molecule has 2 heterocycles. The maximum atomic E-state index is 13.7. The molecule has 0 bridgehead atoms. The van der Waals surface area contributed by atoms with E-state index >= 15 is 0 Å². The summed E-state index contributed by atoms with van der Waals surface area (Å²) in [7, 11) is 0. The van der Waals surface area contributed by atoms with Crippen molar-refractivity contribution in [1.82, 2.24) is 0 Å². The Morgan fingerprint density at radius 2 is 2.17 bits per heavy atom. The number of nitrogens with two attached hydrogens (primary N) is 1. The van der Waals surface area contributed by atoms with E-state index < -0.39 is 5.66 Å². The van der Waals surface area contributed by atoms with Crippen LogP contribution in [-0.4, -0.2) is 5.84 Å². The highest BCUT2D eigenvalue weighted by Gasteiger charge is 2.34. The molecule has 0 amide bonds. The van der Waals surface area contributed by atoms with E-state index in [1.165, 1.54) is 6.07 Å². The van der Waals surface area contributed by atoms with Crippen molar-refractivity contribution in [1.29, 1.82) is 0 Å². The summed E-state index contributed by atoms with van der Waals surface area (Å²) in [5.41, 5.74) is 5.97. The Hall–Kier alpha value is -2.30. The van der Waals surface area contributed by atoms with Crippen molar-refractivity contribution in [3.63, 3.8) is 0 Å². The zero-order valence-corrected chi connectivity index (χ0v) is 9.77. The standard InChI is InChI=1S/C13H12FN3O/c1-13(10-6-3-7-18-10)16-9-5-2-4-8(14)11(9)12(15)17-13/h2-7,16H,1H3,(H2,15,17). The predicted octanol–water partition coefficient (Wildman–Crippen LogP) is 2.42. The van der Waals surface area contributed by atoms with Crippen molar-refractivity contribution < 1.29 is 8.81 Å². The minimum Gasteiger partial charge on any atom is -0.465 e. The summed E-state index contributed by atoms with van der Waals surface area (Å²) in [5.74, 6) is 0.406. The number of nitrogens with one attached hydrogen (secondary N) is 1. The fraction of sp³-hybridized carbons (Fsp3) is 0.154. The van der Waals surface area contributed by atoms with Crippen molar-refractivity contribution >= 4 is 11.5 Å². The Kier molecular flexibility index (Phi) is 2.16. The third kappa shape index (κ3) is 1.48. The van der Waals surface area contributed by atoms with Crippen LogP contribution in [0.1, 0.15) is 18.2 Å². The van der Waals surface area contributed by atoms with E-state index in [1.54, 1.807) is 30.5 Å². The molecule has 3 N–H and O–H groups in total. The van der Waals surface area contributed by atoms with Gasteiger partial charge in [-0.25, -0.2) is 9.38 Å². The summed E-state index contributed by atoms with van der Waals surface area (Å²) in [6, 6.07) is 8.32. The number of fused-ring (bicyclic) bond motifs is 1. The average Bonchev–Trinajstić information content (AvgIpc) is 2.82. The lowest BCUT2D eigenvalue weighted by Gasteiger charge is -2.31. The molecule has 1 aliphatic rings. The average molecular weight is 245 g/mol. The van der Waals surface area contributed by atoms with Crippen molar-refractivity contribution in [3.05, 3.63) is 53.7 Å². The molecule has 18 heavy (non-hydrogen) atoms. The fourth-order valence-corrected chi connectivity index (χ4v) is 2.15. The van der Waals surface area contributed by atoms with Gasteiger partial charge in [0.1, 0.15) is 11.7 Å². The molecule has 1 aromatic carbocycles. The maximum Gasteiger partial charge on any atom is 0.187 e. The van der Waals surface area contributed by atoms with Crippen LogP contribution in [0.5, 0.6) is 0 Å². The van der Waals surface area contributed by atoms with Crippen LogP contribution in [0.4, 0.5) is 10.1 Å². The molecular formula is C13H12FN3O. The Morgan fingerprint density at radius 3 is 2.89 bits per heavy atom. The second-order valence-electron chi connectivity index (χ2n) is 4.33. The van der Waals surface area contributed by atoms with Gasteiger partial charge in [0.05, 0.1) is 17.5 Å². The van der Waals surface area contributed by atoms with Gasteiger partial charge in [-0.2, -0.15) is 0 Å². The first-order chi connectivity index (χ1) is 8.60. The van der Waals surface area contributed by atoms with E-state index in [-0.39, 0.29) is 11.7 Å². The molecule has 3 rings (SSSR count). The van der Waals surface area contributed by atoms with Crippen LogP contribution >= 0.6 is 0 Å². The quantitative estimate of drug-likeness (QED) is 0.811. The Labute approximate surface area is 103 Å². The van der Waals surface area contributed by atoms with Gasteiger partial charge in [0.15, 0.2) is 11.4 Å². The smallest absolute Gasteiger partial charge is 0.187 e. The molecule has 0 saturated heterocycles. The lowest BCUT2D eigenvalue weighted by atomic mass is 10.0. The highest BCUT2D eigenvalue weighted by atomic mass is 19.1. The zero-order valence-electron chi connectivity index (χ0n) is 9.77. The Bertz CT molecular complexity index is 621. The third-order valence-electron chi connectivity index (χ3n) is 2.99. The molecule has 5 heteroatoms. The van der Waals surface area contributed by atoms with Crippen LogP contribution in [0.2, 0.25) is 0 Å². The first-order valence-corrected chi connectivity index (χ1v) is 5.56. The van der Waals surface area contributed by atoms with Crippen LogP contribution in [-0.2, 0) is 5.66 Å². The number of nitrogens with zero attached hydrogens (tertiary/aromatic N) is 1. The summed E-state index contributed by atoms with van der Waals surface area (Å²) < 4.78 is 19.0. The largest absolute Gasteiger partial charge is 0.465 e. The van der Waals surface area contributed by atoms with Crippen molar-refractivity contribution in [2.75, 3.05) is 5.32 Å². The SMILES string of the molecule is CC1(c2ccco2)N=C(N)c2c(F)cccc2N1. The highest BCUT2D eigenvalue weighted by molar-refractivity contribution is 6.04. The van der Waals surface area contributed by atoms with Gasteiger partial charge in [0.2, 0.25) is 0 Å². The minimum absolute atomic E-state index is 0.167. The van der Waals surface area contributed by atoms with Crippen molar-refractivity contribution in [2.24, 2.45) is 10.7 Å². The summed E-state index contributed by atoms with van der Waals surface area (Å²) in [4.78, 5) is 4.31. The monoisotopic (exact) mass is 245 g/mol. The van der Waals surface area contributed by atoms with E-state index in [1.807, 2.05) is 6.92 Å². The number of hydrogen-bond acceptors (Lipinski definition) is 4. The summed E-state index contributed by atoms with van der Waals surface area (Å²) >= 11 is 0. The minimum atomic E-state index is -0.811. The van der Waals surface area contributed by atoms with E-state index in [0.29, 0.717) is 17.0 Å². The number of benzene rings is 1. The second-order valence-corrected chi connectivity index (χ2v) is 4.33. The highest BCUT2D eigenvalue weighted by Crippen LogP contribution is 2.34. The van der Waals surface area contributed by atoms with E-state index in [0.717, 1.165) is 0 Å². The van der Waals surface area contributed by atoms with Crippen molar-refractivity contribution in [3.8, 4) is 0 Å². The fourth-order valence-electron chi connectivity index (χ4n) is 2.15. The number of aliphatic imine (C=N–C) groups is 1. The van der Waals surface area contributed by atoms with Crippen molar-refractivity contribution in [2.45, 2.75) is 12.6 Å². The van der Waals surface area contributed by atoms with Crippen LogP contribution < -0.4 is 11.1 Å². The predicted molar refractivity (Wildman–Crippen MR) is 66.8 cm³/mol. The summed E-state index contributed by atoms with van der Waals surface area (Å²) in [6.45, 7) is 1.83. The zero-order chi connectivity index (χ0) is 12.8. The van der Waals surface area contributed by atoms with E-state index in [4.69, 9.17) is 10.2 Å². The van der Waals surface area contributed by atoms with Crippen LogP contribution in [0, 0.1) is 5.82 Å². The summed E-state index contributed by atoms with van der Waals surface area (Å²) in [6.07, 6.45) is 1.56. The molecule has 2 aromatic rings. The van der Waals surface area contributed by atoms with Gasteiger partial charge < -0.3 is 15.5 Å². The van der Waals surface area contributed by atoms with Gasteiger partial charge in [-0.3, -0.25) is 0 Å². The number of halogens is 1. The topological polar surface area (TPSA) is 63.5 Å². The molecule has 0 saturated carbocycles. The van der Waals surface area contributed by atoms with Gasteiger partial charge >= 0.3 is 0 Å². The number of amidine groups is 1. The second kappa shape index (κ2) is 3.60. The molecule has 4 nitrogen and oxygen atoms in total. The number of anilines is 1. The molecule has 0 spiro atoms. The summed E-state index contributed by atoms with van der Waals surface area (Å²) in [5, 5.41) is 3.15. The molecular weight excluding hydrogens is 233 g/mol. The van der Waals surface area contributed by atoms with Gasteiger partial charge in [0, 0.05) is 0 Å². The third-order valence-corrected chi connectivity index (χ3v) is 2.99. The first kappa shape index (κ1) is 10.8. The van der Waals surface area contributed by atoms with E-state index in [9.17, 15) is 4.39 Å². The lowest BCUT2D eigenvalue weighted by Crippen LogP contribution is -2.38. The van der Waals surface area contributed by atoms with Crippen LogP contribution in [0.3, 0.4) is 0 Å². The normalized spacial score (nSPS) is 22.0. The molecule has 92 valence electrons. The molecule has 1 aliphatic heterocycles. The molecule has 1 aromatic heterocycles. The Balaban J connectivity index is 2.15.